The van der Waals surface area contributed by atoms with E-state index < -0.39 is 0 Å². The van der Waals surface area contributed by atoms with Crippen molar-refractivity contribution >= 4 is 17.2 Å². The predicted molar refractivity (Wildman–Crippen MR) is 102 cm³/mol. The number of nitrogens with zero attached hydrogens (tertiary/aromatic N) is 2. The first-order chi connectivity index (χ1) is 12.7. The van der Waals surface area contributed by atoms with Crippen LogP contribution >= 0.6 is 11.3 Å². The molecule has 0 saturated carbocycles. The fourth-order valence-electron chi connectivity index (χ4n) is 2.56. The minimum absolute atomic E-state index is 0.0544. The first-order valence-electron chi connectivity index (χ1n) is 8.16. The normalized spacial score (nSPS) is 10.2. The number of thiophene rings is 1. The molecule has 0 atom stereocenters. The van der Waals surface area contributed by atoms with Crippen molar-refractivity contribution in [1.82, 2.24) is 4.90 Å². The maximum Gasteiger partial charge on any atom is 0.254 e. The number of ether oxygens (including phenoxy) is 1. The Labute approximate surface area is 156 Å². The van der Waals surface area contributed by atoms with Crippen LogP contribution in [0.5, 0.6) is 5.75 Å². The zero-order valence-electron chi connectivity index (χ0n) is 14.4. The van der Waals surface area contributed by atoms with Crippen LogP contribution in [0.3, 0.4) is 0 Å². The Morgan fingerprint density at radius 3 is 2.77 bits per heavy atom. The highest BCUT2D eigenvalue weighted by atomic mass is 32.1. The largest absolute Gasteiger partial charge is 0.489 e. The number of hydrogen-bond acceptors (Lipinski definition) is 4. The van der Waals surface area contributed by atoms with E-state index in [4.69, 9.17) is 10.00 Å². The van der Waals surface area contributed by atoms with Crippen LogP contribution in [0.2, 0.25) is 0 Å². The molecule has 1 amide bonds. The fourth-order valence-corrected chi connectivity index (χ4v) is 3.32. The van der Waals surface area contributed by atoms with Gasteiger partial charge in [0.1, 0.15) is 12.4 Å². The number of hydrogen-bond donors (Lipinski definition) is 0. The zero-order valence-corrected chi connectivity index (χ0v) is 15.2. The molecule has 0 radical (unpaired) electrons. The summed E-state index contributed by atoms with van der Waals surface area (Å²) in [5.74, 6) is 0.550. The van der Waals surface area contributed by atoms with E-state index in [1.165, 1.54) is 0 Å². The van der Waals surface area contributed by atoms with Crippen LogP contribution in [0.25, 0.3) is 0 Å². The summed E-state index contributed by atoms with van der Waals surface area (Å²) in [4.78, 5) is 15.5. The summed E-state index contributed by atoms with van der Waals surface area (Å²) in [6.07, 6.45) is 0. The predicted octanol–water partition coefficient (Wildman–Crippen LogP) is 4.47. The molecule has 26 heavy (non-hydrogen) atoms. The summed E-state index contributed by atoms with van der Waals surface area (Å²) in [7, 11) is 1.79. The fraction of sp³-hybridized carbons (Fsp3) is 0.143. The third-order valence-electron chi connectivity index (χ3n) is 3.93. The molecular formula is C21H18N2O2S. The van der Waals surface area contributed by atoms with Crippen molar-refractivity contribution in [2.24, 2.45) is 0 Å². The Morgan fingerprint density at radius 2 is 2.00 bits per heavy atom. The summed E-state index contributed by atoms with van der Waals surface area (Å²) in [5.41, 5.74) is 1.99. The zero-order chi connectivity index (χ0) is 18.4. The Bertz CT molecular complexity index is 929. The number of nitriles is 1. The first kappa shape index (κ1) is 17.7. The van der Waals surface area contributed by atoms with E-state index in [1.54, 1.807) is 47.5 Å². The molecule has 0 spiro atoms. The SMILES string of the molecule is CN(Cc1cccs1)C(=O)c1cccc(OCc2ccccc2C#N)c1. The molecule has 0 aliphatic rings. The Balaban J connectivity index is 1.68. The molecule has 3 rings (SSSR count). The Hall–Kier alpha value is -3.10. The van der Waals surface area contributed by atoms with Crippen molar-refractivity contribution in [3.8, 4) is 11.8 Å². The van der Waals surface area contributed by atoms with Crippen LogP contribution in [0.1, 0.15) is 26.4 Å². The molecule has 1 aromatic heterocycles. The lowest BCUT2D eigenvalue weighted by atomic mass is 10.1. The van der Waals surface area contributed by atoms with Gasteiger partial charge in [-0.2, -0.15) is 5.26 Å². The van der Waals surface area contributed by atoms with Crippen LogP contribution in [0.15, 0.2) is 66.0 Å². The second kappa shape index (κ2) is 8.32. The second-order valence-electron chi connectivity index (χ2n) is 5.83. The van der Waals surface area contributed by atoms with Crippen molar-refractivity contribution in [1.29, 1.82) is 5.26 Å². The number of carbonyl (C=O) groups is 1. The summed E-state index contributed by atoms with van der Waals surface area (Å²) in [5, 5.41) is 11.1. The van der Waals surface area contributed by atoms with Gasteiger partial charge in [-0.25, -0.2) is 0 Å². The van der Waals surface area contributed by atoms with Gasteiger partial charge in [-0.3, -0.25) is 4.79 Å². The van der Waals surface area contributed by atoms with E-state index in [1.807, 2.05) is 41.8 Å². The maximum atomic E-state index is 12.6. The number of benzene rings is 2. The minimum Gasteiger partial charge on any atom is -0.489 e. The third-order valence-corrected chi connectivity index (χ3v) is 4.79. The summed E-state index contributed by atoms with van der Waals surface area (Å²) in [6, 6.07) is 20.6. The summed E-state index contributed by atoms with van der Waals surface area (Å²) < 4.78 is 5.79. The van der Waals surface area contributed by atoms with Gasteiger partial charge in [0.2, 0.25) is 0 Å². The number of rotatable bonds is 6. The summed E-state index contributed by atoms with van der Waals surface area (Å²) >= 11 is 1.63. The molecule has 0 aliphatic heterocycles. The van der Waals surface area contributed by atoms with Crippen LogP contribution in [-0.4, -0.2) is 17.9 Å². The van der Waals surface area contributed by atoms with Gasteiger partial charge < -0.3 is 9.64 Å². The lowest BCUT2D eigenvalue weighted by Crippen LogP contribution is -2.25. The molecule has 5 heteroatoms. The third kappa shape index (κ3) is 4.29. The van der Waals surface area contributed by atoms with Crippen molar-refractivity contribution in [3.05, 3.63) is 87.6 Å². The van der Waals surface area contributed by atoms with Crippen molar-refractivity contribution in [3.63, 3.8) is 0 Å². The van der Waals surface area contributed by atoms with Crippen molar-refractivity contribution < 1.29 is 9.53 Å². The van der Waals surface area contributed by atoms with Crippen LogP contribution in [0, 0.1) is 11.3 Å². The van der Waals surface area contributed by atoms with Crippen LogP contribution in [-0.2, 0) is 13.2 Å². The molecular weight excluding hydrogens is 344 g/mol. The van der Waals surface area contributed by atoms with Gasteiger partial charge in [-0.1, -0.05) is 30.3 Å². The van der Waals surface area contributed by atoms with E-state index in [9.17, 15) is 4.79 Å². The average molecular weight is 362 g/mol. The molecule has 3 aromatic rings. The quantitative estimate of drug-likeness (QED) is 0.650. The van der Waals surface area contributed by atoms with E-state index in [0.717, 1.165) is 10.4 Å². The second-order valence-corrected chi connectivity index (χ2v) is 6.86. The molecule has 0 saturated heterocycles. The van der Waals surface area contributed by atoms with Gasteiger partial charge >= 0.3 is 0 Å². The van der Waals surface area contributed by atoms with E-state index in [0.29, 0.717) is 23.4 Å². The lowest BCUT2D eigenvalue weighted by molar-refractivity contribution is 0.0786. The van der Waals surface area contributed by atoms with E-state index in [2.05, 4.69) is 6.07 Å². The molecule has 4 nitrogen and oxygen atoms in total. The van der Waals surface area contributed by atoms with Gasteiger partial charge in [0.25, 0.3) is 5.91 Å². The van der Waals surface area contributed by atoms with Crippen LogP contribution in [0.4, 0.5) is 0 Å². The first-order valence-corrected chi connectivity index (χ1v) is 9.04. The number of amides is 1. The standard InChI is InChI=1S/C21H18N2O2S/c1-23(14-20-10-5-11-26-20)21(24)16-8-4-9-19(12-16)25-15-18-7-3-2-6-17(18)13-22/h2-12H,14-15H2,1H3. The molecule has 0 N–H and O–H groups in total. The molecule has 0 fully saturated rings. The van der Waals surface area contributed by atoms with Gasteiger partial charge in [-0.15, -0.1) is 11.3 Å². The highest BCUT2D eigenvalue weighted by molar-refractivity contribution is 7.09. The van der Waals surface area contributed by atoms with Gasteiger partial charge in [0.05, 0.1) is 18.2 Å². The van der Waals surface area contributed by atoms with E-state index >= 15 is 0 Å². The minimum atomic E-state index is -0.0544. The smallest absolute Gasteiger partial charge is 0.254 e. The van der Waals surface area contributed by atoms with Crippen molar-refractivity contribution in [2.75, 3.05) is 7.05 Å². The lowest BCUT2D eigenvalue weighted by Gasteiger charge is -2.17. The monoisotopic (exact) mass is 362 g/mol. The van der Waals surface area contributed by atoms with Crippen LogP contribution < -0.4 is 4.74 Å². The highest BCUT2D eigenvalue weighted by Gasteiger charge is 2.13. The van der Waals surface area contributed by atoms with Gasteiger partial charge in [-0.05, 0) is 35.7 Å². The van der Waals surface area contributed by atoms with Gasteiger partial charge in [0, 0.05) is 23.1 Å². The Kier molecular flexibility index (Phi) is 5.67. The molecule has 2 aromatic carbocycles. The van der Waals surface area contributed by atoms with Crippen molar-refractivity contribution in [2.45, 2.75) is 13.2 Å². The topological polar surface area (TPSA) is 53.3 Å². The number of carbonyl (C=O) groups excluding carboxylic acids is 1. The molecule has 0 bridgehead atoms. The Morgan fingerprint density at radius 1 is 1.15 bits per heavy atom. The van der Waals surface area contributed by atoms with Gasteiger partial charge in [0.15, 0.2) is 0 Å². The molecule has 0 aliphatic carbocycles. The summed E-state index contributed by atoms with van der Waals surface area (Å²) in [6.45, 7) is 0.865. The van der Waals surface area contributed by atoms with E-state index in [-0.39, 0.29) is 12.5 Å². The maximum absolute atomic E-state index is 12.6. The average Bonchev–Trinajstić information content (AvgIpc) is 3.19. The molecule has 1 heterocycles. The highest BCUT2D eigenvalue weighted by Crippen LogP contribution is 2.19. The molecule has 130 valence electrons. The molecule has 0 unspecified atom stereocenters.